The van der Waals surface area contributed by atoms with Crippen LogP contribution in [0.3, 0.4) is 0 Å². The van der Waals surface area contributed by atoms with Crippen molar-refractivity contribution in [3.63, 3.8) is 0 Å². The smallest absolute Gasteiger partial charge is 0.128 e. The molecule has 1 aromatic rings. The van der Waals surface area contributed by atoms with E-state index in [1.807, 2.05) is 6.07 Å². The third-order valence-electron chi connectivity index (χ3n) is 3.61. The molecule has 1 heterocycles. The van der Waals surface area contributed by atoms with Crippen molar-refractivity contribution in [2.75, 3.05) is 0 Å². The van der Waals surface area contributed by atoms with E-state index in [-0.39, 0.29) is 5.82 Å². The lowest BCUT2D eigenvalue weighted by atomic mass is 9.77. The highest BCUT2D eigenvalue weighted by Gasteiger charge is 2.33. The minimum Gasteiger partial charge on any atom is -0.305 e. The monoisotopic (exact) mass is 191 g/mol. The summed E-state index contributed by atoms with van der Waals surface area (Å²) in [4.78, 5) is 0. The van der Waals surface area contributed by atoms with Gasteiger partial charge in [-0.05, 0) is 30.4 Å². The Morgan fingerprint density at radius 3 is 2.86 bits per heavy atom. The molecular formula is C12H14FN. The standard InChI is InChI=1S/C12H14FN/c13-11-6-2-5-9-10(11)7-14-12(9)8-3-1-4-8/h2,5-6,8,12,14H,1,3-4,7H2. The van der Waals surface area contributed by atoms with Gasteiger partial charge in [-0.25, -0.2) is 4.39 Å². The van der Waals surface area contributed by atoms with E-state index in [4.69, 9.17) is 0 Å². The lowest BCUT2D eigenvalue weighted by Crippen LogP contribution is -2.26. The molecule has 0 amide bonds. The highest BCUT2D eigenvalue weighted by Crippen LogP contribution is 2.41. The predicted octanol–water partition coefficient (Wildman–Crippen LogP) is 2.77. The lowest BCUT2D eigenvalue weighted by Gasteiger charge is -2.31. The van der Waals surface area contributed by atoms with Gasteiger partial charge in [0.15, 0.2) is 0 Å². The van der Waals surface area contributed by atoms with Crippen molar-refractivity contribution in [1.29, 1.82) is 0 Å². The van der Waals surface area contributed by atoms with Gasteiger partial charge in [-0.1, -0.05) is 18.6 Å². The average molecular weight is 191 g/mol. The highest BCUT2D eigenvalue weighted by atomic mass is 19.1. The maximum absolute atomic E-state index is 13.4. The molecule has 1 N–H and O–H groups in total. The third-order valence-corrected chi connectivity index (χ3v) is 3.61. The fourth-order valence-electron chi connectivity index (χ4n) is 2.57. The van der Waals surface area contributed by atoms with Crippen LogP contribution in [0.15, 0.2) is 18.2 Å². The van der Waals surface area contributed by atoms with E-state index in [2.05, 4.69) is 11.4 Å². The second kappa shape index (κ2) is 3.06. The second-order valence-corrected chi connectivity index (χ2v) is 4.36. The Bertz CT molecular complexity index is 357. The van der Waals surface area contributed by atoms with Gasteiger partial charge >= 0.3 is 0 Å². The van der Waals surface area contributed by atoms with Crippen LogP contribution in [0, 0.1) is 11.7 Å². The van der Waals surface area contributed by atoms with Crippen LogP contribution in [0.25, 0.3) is 0 Å². The predicted molar refractivity (Wildman–Crippen MR) is 53.3 cm³/mol. The summed E-state index contributed by atoms with van der Waals surface area (Å²) in [6, 6.07) is 5.88. The van der Waals surface area contributed by atoms with Crippen molar-refractivity contribution in [3.05, 3.63) is 35.1 Å². The minimum absolute atomic E-state index is 0.0446. The zero-order valence-corrected chi connectivity index (χ0v) is 8.09. The molecule has 2 aliphatic rings. The SMILES string of the molecule is Fc1cccc2c1CNC2C1CCC1. The molecule has 1 nitrogen and oxygen atoms in total. The van der Waals surface area contributed by atoms with Gasteiger partial charge in [-0.3, -0.25) is 0 Å². The van der Waals surface area contributed by atoms with Gasteiger partial charge in [-0.2, -0.15) is 0 Å². The highest BCUT2D eigenvalue weighted by molar-refractivity contribution is 5.35. The molecule has 1 aliphatic heterocycles. The van der Waals surface area contributed by atoms with Gasteiger partial charge in [-0.15, -0.1) is 0 Å². The van der Waals surface area contributed by atoms with Gasteiger partial charge in [0.25, 0.3) is 0 Å². The number of hydrogen-bond acceptors (Lipinski definition) is 1. The molecule has 1 saturated carbocycles. The van der Waals surface area contributed by atoms with Crippen molar-refractivity contribution in [3.8, 4) is 0 Å². The summed E-state index contributed by atoms with van der Waals surface area (Å²) in [5, 5.41) is 3.42. The van der Waals surface area contributed by atoms with Crippen LogP contribution >= 0.6 is 0 Å². The normalized spacial score (nSPS) is 25.9. The Hall–Kier alpha value is -0.890. The van der Waals surface area contributed by atoms with Gasteiger partial charge in [0.1, 0.15) is 5.82 Å². The topological polar surface area (TPSA) is 12.0 Å². The van der Waals surface area contributed by atoms with Gasteiger partial charge in [0.05, 0.1) is 0 Å². The van der Waals surface area contributed by atoms with Crippen molar-refractivity contribution in [2.24, 2.45) is 5.92 Å². The van der Waals surface area contributed by atoms with E-state index in [1.54, 1.807) is 6.07 Å². The van der Waals surface area contributed by atoms with Crippen molar-refractivity contribution in [2.45, 2.75) is 31.8 Å². The number of rotatable bonds is 1. The van der Waals surface area contributed by atoms with Crippen LogP contribution in [0.2, 0.25) is 0 Å². The minimum atomic E-state index is -0.0446. The van der Waals surface area contributed by atoms with E-state index in [1.165, 1.54) is 24.8 Å². The number of nitrogens with one attached hydrogen (secondary N) is 1. The Balaban J connectivity index is 1.97. The van der Waals surface area contributed by atoms with Crippen LogP contribution in [-0.2, 0) is 6.54 Å². The number of fused-ring (bicyclic) bond motifs is 1. The maximum Gasteiger partial charge on any atom is 0.128 e. The summed E-state index contributed by atoms with van der Waals surface area (Å²) in [6.07, 6.45) is 3.94. The first-order chi connectivity index (χ1) is 6.86. The summed E-state index contributed by atoms with van der Waals surface area (Å²) in [7, 11) is 0. The largest absolute Gasteiger partial charge is 0.305 e. The quantitative estimate of drug-likeness (QED) is 0.719. The van der Waals surface area contributed by atoms with E-state index in [0.29, 0.717) is 12.6 Å². The fourth-order valence-corrected chi connectivity index (χ4v) is 2.57. The van der Waals surface area contributed by atoms with Crippen molar-refractivity contribution in [1.82, 2.24) is 5.32 Å². The zero-order chi connectivity index (χ0) is 9.54. The molecule has 74 valence electrons. The van der Waals surface area contributed by atoms with Crippen molar-refractivity contribution >= 4 is 0 Å². The molecular weight excluding hydrogens is 177 g/mol. The first-order valence-electron chi connectivity index (χ1n) is 5.37. The van der Waals surface area contributed by atoms with Crippen LogP contribution in [-0.4, -0.2) is 0 Å². The molecule has 1 atom stereocenters. The maximum atomic E-state index is 13.4. The molecule has 0 bridgehead atoms. The number of halogens is 1. The Labute approximate surface area is 83.3 Å². The summed E-state index contributed by atoms with van der Waals surface area (Å²) in [5.41, 5.74) is 2.10. The van der Waals surface area contributed by atoms with Crippen molar-refractivity contribution < 1.29 is 4.39 Å². The third kappa shape index (κ3) is 1.10. The lowest BCUT2D eigenvalue weighted by molar-refractivity contribution is 0.240. The van der Waals surface area contributed by atoms with Gasteiger partial charge in [0.2, 0.25) is 0 Å². The molecule has 1 unspecified atom stereocenters. The van der Waals surface area contributed by atoms with E-state index in [0.717, 1.165) is 11.5 Å². The van der Waals surface area contributed by atoms with Gasteiger partial charge in [0, 0.05) is 18.2 Å². The molecule has 3 rings (SSSR count). The van der Waals surface area contributed by atoms with E-state index >= 15 is 0 Å². The first-order valence-corrected chi connectivity index (χ1v) is 5.37. The Kier molecular flexibility index (Phi) is 1.84. The molecule has 14 heavy (non-hydrogen) atoms. The number of hydrogen-bond donors (Lipinski definition) is 1. The molecule has 1 fully saturated rings. The molecule has 0 aromatic heterocycles. The summed E-state index contributed by atoms with van der Waals surface area (Å²) < 4.78 is 13.4. The van der Waals surface area contributed by atoms with Crippen LogP contribution in [0.1, 0.15) is 36.4 Å². The first kappa shape index (κ1) is 8.42. The van der Waals surface area contributed by atoms with E-state index in [9.17, 15) is 4.39 Å². The summed E-state index contributed by atoms with van der Waals surface area (Å²) in [5.74, 6) is 0.704. The molecule has 0 saturated heterocycles. The summed E-state index contributed by atoms with van der Waals surface area (Å²) in [6.45, 7) is 0.711. The molecule has 0 radical (unpaired) electrons. The molecule has 0 spiro atoms. The van der Waals surface area contributed by atoms with Gasteiger partial charge < -0.3 is 5.32 Å². The molecule has 2 heteroatoms. The number of benzene rings is 1. The second-order valence-electron chi connectivity index (χ2n) is 4.36. The van der Waals surface area contributed by atoms with Crippen LogP contribution < -0.4 is 5.32 Å². The Morgan fingerprint density at radius 1 is 1.29 bits per heavy atom. The van der Waals surface area contributed by atoms with E-state index < -0.39 is 0 Å². The molecule has 1 aromatic carbocycles. The Morgan fingerprint density at radius 2 is 2.14 bits per heavy atom. The zero-order valence-electron chi connectivity index (χ0n) is 8.09. The molecule has 1 aliphatic carbocycles. The van der Waals surface area contributed by atoms with Crippen LogP contribution in [0.5, 0.6) is 0 Å². The fraction of sp³-hybridized carbons (Fsp3) is 0.500. The summed E-state index contributed by atoms with van der Waals surface area (Å²) >= 11 is 0. The van der Waals surface area contributed by atoms with Crippen LogP contribution in [0.4, 0.5) is 4.39 Å². The average Bonchev–Trinajstić information content (AvgIpc) is 2.48.